The first-order valence-corrected chi connectivity index (χ1v) is 22.8. The third kappa shape index (κ3) is 5.25. The van der Waals surface area contributed by atoms with Crippen molar-refractivity contribution < 1.29 is 9.47 Å². The molecule has 0 fully saturated rings. The quantitative estimate of drug-likeness (QED) is 0.177. The maximum absolute atomic E-state index is 6.99. The zero-order valence-electron chi connectivity index (χ0n) is 36.0. The molecule has 11 aromatic carbocycles. The molecular weight excluding hydrogens is 819 g/mol. The van der Waals surface area contributed by atoms with Crippen molar-refractivity contribution in [3.05, 3.63) is 224 Å². The number of hydrogen-bond acceptors (Lipinski definition) is 3. The van der Waals surface area contributed by atoms with Crippen LogP contribution < -0.4 is 14.4 Å². The van der Waals surface area contributed by atoms with E-state index in [0.717, 1.165) is 89.6 Å². The highest BCUT2D eigenvalue weighted by Crippen LogP contribution is 2.63. The van der Waals surface area contributed by atoms with E-state index in [1.807, 2.05) is 0 Å². The fourth-order valence-corrected chi connectivity index (χ4v) is 11.0. The summed E-state index contributed by atoms with van der Waals surface area (Å²) in [5.41, 5.74) is 14.4. The van der Waals surface area contributed by atoms with Crippen molar-refractivity contribution in [1.82, 2.24) is 9.13 Å². The third-order valence-electron chi connectivity index (χ3n) is 14.0. The van der Waals surface area contributed by atoms with Gasteiger partial charge in [-0.2, -0.15) is 0 Å². The Morgan fingerprint density at radius 3 is 1.25 bits per heavy atom. The topological polar surface area (TPSA) is 31.6 Å². The van der Waals surface area contributed by atoms with Crippen LogP contribution in [0.3, 0.4) is 0 Å². The molecule has 0 atom stereocenters. The second kappa shape index (κ2) is 13.7. The first-order valence-electron chi connectivity index (χ1n) is 22.8. The first kappa shape index (κ1) is 36.3. The monoisotopic (exact) mass is 855 g/mol. The third-order valence-corrected chi connectivity index (χ3v) is 14.0. The van der Waals surface area contributed by atoms with Crippen molar-refractivity contribution >= 4 is 82.2 Å². The summed E-state index contributed by atoms with van der Waals surface area (Å²) in [5, 5.41) is 9.35. The van der Waals surface area contributed by atoms with E-state index < -0.39 is 0 Å². The van der Waals surface area contributed by atoms with Crippen LogP contribution in [0.5, 0.6) is 23.0 Å². The molecule has 0 amide bonds. The van der Waals surface area contributed by atoms with Gasteiger partial charge in [-0.1, -0.05) is 146 Å². The number of benzene rings is 11. The molecule has 2 aromatic heterocycles. The Labute approximate surface area is 385 Å². The number of para-hydroxylation sites is 2. The van der Waals surface area contributed by atoms with E-state index in [0.29, 0.717) is 0 Å². The van der Waals surface area contributed by atoms with Gasteiger partial charge in [-0.25, -0.2) is 0 Å². The van der Waals surface area contributed by atoms with E-state index in [4.69, 9.17) is 9.47 Å². The van der Waals surface area contributed by atoms with E-state index in [2.05, 4.69) is 238 Å². The fraction of sp³-hybridized carbons (Fsp3) is 0. The van der Waals surface area contributed by atoms with Crippen LogP contribution in [-0.4, -0.2) is 9.13 Å². The van der Waals surface area contributed by atoms with Crippen molar-refractivity contribution in [2.24, 2.45) is 0 Å². The van der Waals surface area contributed by atoms with Gasteiger partial charge >= 0.3 is 0 Å². The van der Waals surface area contributed by atoms with Crippen LogP contribution in [0, 0.1) is 0 Å². The number of rotatable bonds is 4. The molecule has 5 heteroatoms. The van der Waals surface area contributed by atoms with E-state index in [1.54, 1.807) is 0 Å². The van der Waals surface area contributed by atoms with Gasteiger partial charge in [0.05, 0.1) is 39.1 Å². The highest BCUT2D eigenvalue weighted by molar-refractivity contribution is 6.15. The van der Waals surface area contributed by atoms with E-state index in [1.165, 1.54) is 49.3 Å². The largest absolute Gasteiger partial charge is 0.453 e. The molecule has 0 aliphatic carbocycles. The molecule has 4 heterocycles. The molecule has 0 spiro atoms. The minimum Gasteiger partial charge on any atom is -0.453 e. The minimum atomic E-state index is 0.745. The van der Waals surface area contributed by atoms with Gasteiger partial charge in [0.15, 0.2) is 23.0 Å². The van der Waals surface area contributed by atoms with Crippen molar-refractivity contribution in [3.8, 4) is 56.6 Å². The summed E-state index contributed by atoms with van der Waals surface area (Å²) in [4.78, 5) is 2.38. The molecule has 0 bridgehead atoms. The van der Waals surface area contributed by atoms with Crippen LogP contribution in [-0.2, 0) is 0 Å². The van der Waals surface area contributed by atoms with Crippen molar-refractivity contribution in [3.63, 3.8) is 0 Å². The number of anilines is 3. The summed E-state index contributed by atoms with van der Waals surface area (Å²) in [6, 6.07) is 80.7. The summed E-state index contributed by atoms with van der Waals surface area (Å²) in [6.45, 7) is 0. The van der Waals surface area contributed by atoms with E-state index in [-0.39, 0.29) is 0 Å². The maximum Gasteiger partial charge on any atom is 0.157 e. The van der Waals surface area contributed by atoms with Gasteiger partial charge < -0.3 is 18.6 Å². The SMILES string of the molecule is c1ccc(-c2ccc3c(c2)c2cc(-c4ccc5c(c4)c4ccccc4n5-c4cc5c6c(c4)Oc4ccc7ccccc7c4N6c4c(ccc6ccccc46)O5)ccc2n3-c2ccccc2)cc1. The summed E-state index contributed by atoms with van der Waals surface area (Å²) >= 11 is 0. The molecule has 0 unspecified atom stereocenters. The van der Waals surface area contributed by atoms with Gasteiger partial charge in [-0.3, -0.25) is 4.90 Å². The minimum absolute atomic E-state index is 0.745. The van der Waals surface area contributed by atoms with Crippen LogP contribution in [0.15, 0.2) is 224 Å². The molecule has 2 aliphatic rings. The predicted octanol–water partition coefficient (Wildman–Crippen LogP) is 17.2. The summed E-state index contributed by atoms with van der Waals surface area (Å²) in [6.07, 6.45) is 0. The zero-order chi connectivity index (χ0) is 43.7. The number of nitrogens with zero attached hydrogens (tertiary/aromatic N) is 3. The van der Waals surface area contributed by atoms with Crippen molar-refractivity contribution in [1.29, 1.82) is 0 Å². The smallest absolute Gasteiger partial charge is 0.157 e. The molecule has 13 aromatic rings. The van der Waals surface area contributed by atoms with E-state index >= 15 is 0 Å². The van der Waals surface area contributed by atoms with Gasteiger partial charge in [0.25, 0.3) is 0 Å². The highest BCUT2D eigenvalue weighted by atomic mass is 16.5. The second-order valence-electron chi connectivity index (χ2n) is 17.7. The Kier molecular flexibility index (Phi) is 7.44. The normalized spacial score (nSPS) is 12.7. The van der Waals surface area contributed by atoms with Crippen LogP contribution in [0.2, 0.25) is 0 Å². The second-order valence-corrected chi connectivity index (χ2v) is 17.7. The lowest BCUT2D eigenvalue weighted by molar-refractivity contribution is 0.447. The lowest BCUT2D eigenvalue weighted by Crippen LogP contribution is -2.21. The van der Waals surface area contributed by atoms with Crippen LogP contribution in [0.25, 0.3) is 98.8 Å². The standard InChI is InChI=1S/C62H37N3O2/c1-3-13-38(14-4-1)41-23-28-54-50(33-41)51-35-43(25-30-55(51)63(54)44-17-5-2-6-18-44)42-24-29-53-49(34-42)48-21-11-12-22-52(48)64(53)45-36-58-62-59(37-45)67-57-32-27-40-16-8-10-20-47(40)61(57)65(62)60-46-19-9-7-15-39(46)26-31-56(60)66-58/h1-37H. The molecule has 0 saturated carbocycles. The lowest BCUT2D eigenvalue weighted by Gasteiger charge is -2.39. The molecule has 67 heavy (non-hydrogen) atoms. The zero-order valence-corrected chi connectivity index (χ0v) is 36.0. The van der Waals surface area contributed by atoms with Gasteiger partial charge in [0.1, 0.15) is 5.69 Å². The fourth-order valence-electron chi connectivity index (χ4n) is 11.0. The van der Waals surface area contributed by atoms with Crippen molar-refractivity contribution in [2.45, 2.75) is 0 Å². The van der Waals surface area contributed by atoms with Gasteiger partial charge in [-0.15, -0.1) is 0 Å². The molecule has 5 nitrogen and oxygen atoms in total. The molecule has 0 radical (unpaired) electrons. The Morgan fingerprint density at radius 1 is 0.254 bits per heavy atom. The Bertz CT molecular complexity index is 4110. The van der Waals surface area contributed by atoms with Crippen molar-refractivity contribution in [2.75, 3.05) is 4.90 Å². The molecular formula is C62H37N3O2. The molecule has 2 aliphatic heterocycles. The number of aromatic nitrogens is 2. The van der Waals surface area contributed by atoms with Gasteiger partial charge in [-0.05, 0) is 99.8 Å². The van der Waals surface area contributed by atoms with Crippen LogP contribution >= 0.6 is 0 Å². The lowest BCUT2D eigenvalue weighted by atomic mass is 9.99. The number of hydrogen-bond donors (Lipinski definition) is 0. The number of ether oxygens (including phenoxy) is 2. The predicted molar refractivity (Wildman–Crippen MR) is 276 cm³/mol. The average Bonchev–Trinajstić information content (AvgIpc) is 3.90. The Hall–Kier alpha value is -9.06. The highest BCUT2D eigenvalue weighted by Gasteiger charge is 2.38. The molecule has 312 valence electrons. The van der Waals surface area contributed by atoms with Crippen LogP contribution in [0.4, 0.5) is 17.1 Å². The van der Waals surface area contributed by atoms with Gasteiger partial charge in [0.2, 0.25) is 0 Å². The summed E-state index contributed by atoms with van der Waals surface area (Å²) < 4.78 is 18.7. The Morgan fingerprint density at radius 2 is 0.687 bits per heavy atom. The summed E-state index contributed by atoms with van der Waals surface area (Å²) in [5.74, 6) is 3.11. The average molecular weight is 856 g/mol. The molecule has 15 rings (SSSR count). The molecule has 0 N–H and O–H groups in total. The first-order chi connectivity index (χ1) is 33.2. The number of fused-ring (bicyclic) bond motifs is 14. The van der Waals surface area contributed by atoms with Crippen LogP contribution in [0.1, 0.15) is 0 Å². The maximum atomic E-state index is 6.99. The van der Waals surface area contributed by atoms with E-state index in [9.17, 15) is 0 Å². The summed E-state index contributed by atoms with van der Waals surface area (Å²) in [7, 11) is 0. The Balaban J connectivity index is 0.913. The molecule has 0 saturated heterocycles. The van der Waals surface area contributed by atoms with Gasteiger partial charge in [0, 0.05) is 50.1 Å².